The highest BCUT2D eigenvalue weighted by atomic mass is 16.5. The molecule has 2 aromatic rings. The van der Waals surface area contributed by atoms with E-state index in [9.17, 15) is 4.79 Å². The number of piperidine rings is 1. The van der Waals surface area contributed by atoms with Crippen molar-refractivity contribution in [2.24, 2.45) is 5.92 Å². The summed E-state index contributed by atoms with van der Waals surface area (Å²) < 4.78 is 5.99. The quantitative estimate of drug-likeness (QED) is 0.907. The predicted molar refractivity (Wildman–Crippen MR) is 99.1 cm³/mol. The van der Waals surface area contributed by atoms with Crippen molar-refractivity contribution in [2.45, 2.75) is 19.8 Å². The van der Waals surface area contributed by atoms with Crippen LogP contribution in [0.1, 0.15) is 28.8 Å². The van der Waals surface area contributed by atoms with Gasteiger partial charge in [-0.3, -0.25) is 4.79 Å². The Balaban J connectivity index is 1.60. The number of para-hydroxylation sites is 1. The number of hydrogen-bond donors (Lipinski definition) is 1. The number of hydrogen-bond acceptors (Lipinski definition) is 4. The highest BCUT2D eigenvalue weighted by Gasteiger charge is 2.25. The number of benzene rings is 1. The Kier molecular flexibility index (Phi) is 5.53. The molecule has 1 N–H and O–H groups in total. The van der Waals surface area contributed by atoms with E-state index in [1.165, 1.54) is 0 Å². The number of carbonyl (C=O) groups excluding carboxylic acids is 1. The molecule has 1 fully saturated rings. The van der Waals surface area contributed by atoms with E-state index in [2.05, 4.69) is 23.3 Å². The smallest absolute Gasteiger partial charge is 0.254 e. The molecular formula is C20H25N3O2. The van der Waals surface area contributed by atoms with Crippen LogP contribution in [0.25, 0.3) is 0 Å². The van der Waals surface area contributed by atoms with Crippen LogP contribution < -0.4 is 10.1 Å². The number of pyridine rings is 1. The summed E-state index contributed by atoms with van der Waals surface area (Å²) in [5.74, 6) is 2.07. The molecule has 0 aliphatic carbocycles. The van der Waals surface area contributed by atoms with E-state index in [0.717, 1.165) is 37.2 Å². The molecule has 132 valence electrons. The average molecular weight is 339 g/mol. The van der Waals surface area contributed by atoms with Crippen LogP contribution in [0.4, 0.5) is 5.82 Å². The first-order valence-electron chi connectivity index (χ1n) is 8.79. The zero-order valence-corrected chi connectivity index (χ0v) is 14.9. The number of nitrogens with zero attached hydrogens (tertiary/aromatic N) is 2. The summed E-state index contributed by atoms with van der Waals surface area (Å²) in [7, 11) is 1.80. The Labute approximate surface area is 149 Å². The van der Waals surface area contributed by atoms with Crippen molar-refractivity contribution < 1.29 is 9.53 Å². The molecule has 0 unspecified atom stereocenters. The summed E-state index contributed by atoms with van der Waals surface area (Å²) in [5.41, 5.74) is 1.82. The van der Waals surface area contributed by atoms with Crippen LogP contribution in [0.5, 0.6) is 5.75 Å². The SMILES string of the molecule is CNc1cc(C(=O)N2CCC[C@H](COc3ccccc3C)C2)ccn1. The Morgan fingerprint density at radius 2 is 2.20 bits per heavy atom. The second-order valence-electron chi connectivity index (χ2n) is 6.52. The highest BCUT2D eigenvalue weighted by Crippen LogP contribution is 2.22. The van der Waals surface area contributed by atoms with Crippen LogP contribution in [0.15, 0.2) is 42.6 Å². The molecule has 1 amide bonds. The molecule has 0 radical (unpaired) electrons. The van der Waals surface area contributed by atoms with Gasteiger partial charge in [0.25, 0.3) is 5.91 Å². The van der Waals surface area contributed by atoms with E-state index in [0.29, 0.717) is 23.9 Å². The van der Waals surface area contributed by atoms with E-state index in [1.54, 1.807) is 25.4 Å². The van der Waals surface area contributed by atoms with Gasteiger partial charge in [0, 0.05) is 37.8 Å². The summed E-state index contributed by atoms with van der Waals surface area (Å²) in [6, 6.07) is 11.6. The standard InChI is InChI=1S/C20H25N3O2/c1-15-6-3-4-8-18(15)25-14-16-7-5-11-23(13-16)20(24)17-9-10-22-19(12-17)21-2/h3-4,6,8-10,12,16H,5,7,11,13-14H2,1-2H3,(H,21,22)/t16-/m0/s1. The van der Waals surface area contributed by atoms with Crippen molar-refractivity contribution in [3.8, 4) is 5.75 Å². The Bertz CT molecular complexity index is 732. The molecule has 1 aromatic heterocycles. The Morgan fingerprint density at radius 1 is 1.36 bits per heavy atom. The van der Waals surface area contributed by atoms with Crippen LogP contribution in [-0.2, 0) is 0 Å². The normalized spacial score (nSPS) is 17.2. The van der Waals surface area contributed by atoms with Crippen molar-refractivity contribution in [3.05, 3.63) is 53.7 Å². The maximum absolute atomic E-state index is 12.8. The number of nitrogens with one attached hydrogen (secondary N) is 1. The van der Waals surface area contributed by atoms with E-state index in [4.69, 9.17) is 4.74 Å². The molecule has 25 heavy (non-hydrogen) atoms. The van der Waals surface area contributed by atoms with E-state index >= 15 is 0 Å². The second-order valence-corrected chi connectivity index (χ2v) is 6.52. The Hall–Kier alpha value is -2.56. The number of rotatable bonds is 5. The minimum Gasteiger partial charge on any atom is -0.493 e. The molecule has 5 heteroatoms. The van der Waals surface area contributed by atoms with Crippen molar-refractivity contribution in [2.75, 3.05) is 32.1 Å². The van der Waals surface area contributed by atoms with Gasteiger partial charge in [-0.05, 0) is 43.5 Å². The van der Waals surface area contributed by atoms with Gasteiger partial charge < -0.3 is 15.0 Å². The lowest BCUT2D eigenvalue weighted by Crippen LogP contribution is -2.41. The van der Waals surface area contributed by atoms with Crippen molar-refractivity contribution >= 4 is 11.7 Å². The van der Waals surface area contributed by atoms with Crippen LogP contribution in [0.3, 0.4) is 0 Å². The zero-order chi connectivity index (χ0) is 17.6. The number of aryl methyl sites for hydroxylation is 1. The lowest BCUT2D eigenvalue weighted by atomic mass is 9.98. The summed E-state index contributed by atoms with van der Waals surface area (Å²) in [6.07, 6.45) is 3.77. The molecule has 1 saturated heterocycles. The zero-order valence-electron chi connectivity index (χ0n) is 14.9. The van der Waals surface area contributed by atoms with Gasteiger partial charge in [-0.15, -0.1) is 0 Å². The first kappa shape index (κ1) is 17.3. The van der Waals surface area contributed by atoms with Crippen molar-refractivity contribution in [1.29, 1.82) is 0 Å². The van der Waals surface area contributed by atoms with Crippen molar-refractivity contribution in [1.82, 2.24) is 9.88 Å². The molecule has 1 aliphatic rings. The van der Waals surface area contributed by atoms with E-state index in [1.807, 2.05) is 23.1 Å². The molecule has 0 spiro atoms. The number of carbonyl (C=O) groups is 1. The molecule has 1 atom stereocenters. The Morgan fingerprint density at radius 3 is 3.00 bits per heavy atom. The molecule has 0 saturated carbocycles. The predicted octanol–water partition coefficient (Wildman–Crippen LogP) is 3.36. The molecule has 5 nitrogen and oxygen atoms in total. The lowest BCUT2D eigenvalue weighted by Gasteiger charge is -2.33. The van der Waals surface area contributed by atoms with Gasteiger partial charge in [-0.1, -0.05) is 18.2 Å². The fourth-order valence-corrected chi connectivity index (χ4v) is 3.19. The maximum Gasteiger partial charge on any atom is 0.254 e. The van der Waals surface area contributed by atoms with E-state index < -0.39 is 0 Å². The molecule has 0 bridgehead atoms. The maximum atomic E-state index is 12.8. The topological polar surface area (TPSA) is 54.5 Å². The first-order chi connectivity index (χ1) is 12.2. The number of ether oxygens (including phenoxy) is 1. The number of likely N-dealkylation sites (tertiary alicyclic amines) is 1. The van der Waals surface area contributed by atoms with Crippen LogP contribution in [0, 0.1) is 12.8 Å². The number of aromatic nitrogens is 1. The van der Waals surface area contributed by atoms with E-state index in [-0.39, 0.29) is 5.91 Å². The van der Waals surface area contributed by atoms with Crippen LogP contribution in [-0.4, -0.2) is 42.5 Å². The lowest BCUT2D eigenvalue weighted by molar-refractivity contribution is 0.0633. The molecule has 2 heterocycles. The molecular weight excluding hydrogens is 314 g/mol. The van der Waals surface area contributed by atoms with Gasteiger partial charge in [-0.25, -0.2) is 4.98 Å². The van der Waals surface area contributed by atoms with Gasteiger partial charge in [-0.2, -0.15) is 0 Å². The summed E-state index contributed by atoms with van der Waals surface area (Å²) in [4.78, 5) is 18.9. The van der Waals surface area contributed by atoms with Gasteiger partial charge in [0.2, 0.25) is 0 Å². The summed E-state index contributed by atoms with van der Waals surface area (Å²) in [5, 5.41) is 2.98. The largest absolute Gasteiger partial charge is 0.493 e. The summed E-state index contributed by atoms with van der Waals surface area (Å²) >= 11 is 0. The molecule has 1 aliphatic heterocycles. The third-order valence-corrected chi connectivity index (χ3v) is 4.64. The highest BCUT2D eigenvalue weighted by molar-refractivity contribution is 5.94. The molecule has 3 rings (SSSR count). The van der Waals surface area contributed by atoms with Gasteiger partial charge in [0.15, 0.2) is 0 Å². The second kappa shape index (κ2) is 8.01. The summed E-state index contributed by atoms with van der Waals surface area (Å²) in [6.45, 7) is 4.24. The van der Waals surface area contributed by atoms with Gasteiger partial charge in [0.1, 0.15) is 11.6 Å². The fraction of sp³-hybridized carbons (Fsp3) is 0.400. The van der Waals surface area contributed by atoms with Crippen LogP contribution >= 0.6 is 0 Å². The minimum absolute atomic E-state index is 0.0690. The van der Waals surface area contributed by atoms with Gasteiger partial charge >= 0.3 is 0 Å². The van der Waals surface area contributed by atoms with Crippen molar-refractivity contribution in [3.63, 3.8) is 0 Å². The molecule has 1 aromatic carbocycles. The minimum atomic E-state index is 0.0690. The average Bonchev–Trinajstić information content (AvgIpc) is 2.67. The van der Waals surface area contributed by atoms with Crippen LogP contribution in [0.2, 0.25) is 0 Å². The monoisotopic (exact) mass is 339 g/mol. The van der Waals surface area contributed by atoms with Gasteiger partial charge in [0.05, 0.1) is 6.61 Å². The fourth-order valence-electron chi connectivity index (χ4n) is 3.19. The number of anilines is 1. The third-order valence-electron chi connectivity index (χ3n) is 4.64. The first-order valence-corrected chi connectivity index (χ1v) is 8.79. The third kappa shape index (κ3) is 4.29. The number of amides is 1.